The predicted molar refractivity (Wildman–Crippen MR) is 76.3 cm³/mol. The van der Waals surface area contributed by atoms with Crippen molar-refractivity contribution in [3.63, 3.8) is 0 Å². The van der Waals surface area contributed by atoms with E-state index in [-0.39, 0.29) is 5.78 Å². The number of ketones is 1. The number of hydrogen-bond donors (Lipinski definition) is 0. The average molecular weight is 264 g/mol. The molecule has 0 spiro atoms. The molecule has 0 heterocycles. The van der Waals surface area contributed by atoms with Crippen LogP contribution in [-0.2, 0) is 9.47 Å². The molecule has 0 fully saturated rings. The Kier molecular flexibility index (Phi) is 6.74. The van der Waals surface area contributed by atoms with Gasteiger partial charge < -0.3 is 9.47 Å². The highest BCUT2D eigenvalue weighted by Gasteiger charge is 2.38. The van der Waals surface area contributed by atoms with Crippen LogP contribution < -0.4 is 0 Å². The number of rotatable bonds is 9. The molecule has 0 unspecified atom stereocenters. The minimum atomic E-state index is -1.14. The molecule has 0 aliphatic heterocycles. The van der Waals surface area contributed by atoms with Crippen molar-refractivity contribution in [2.75, 3.05) is 14.2 Å². The standard InChI is InChI=1S/C16H24O3/c1-4-5-6-10-13-16(18-2,19-3)15(17)14-11-8-7-9-12-14/h7-9,11-12H,4-6,10,13H2,1-3H3. The van der Waals surface area contributed by atoms with Gasteiger partial charge in [0.2, 0.25) is 11.6 Å². The van der Waals surface area contributed by atoms with E-state index in [9.17, 15) is 4.79 Å². The van der Waals surface area contributed by atoms with E-state index in [0.29, 0.717) is 12.0 Å². The van der Waals surface area contributed by atoms with Crippen molar-refractivity contribution in [3.05, 3.63) is 35.9 Å². The van der Waals surface area contributed by atoms with E-state index >= 15 is 0 Å². The fourth-order valence-electron chi connectivity index (χ4n) is 2.18. The van der Waals surface area contributed by atoms with E-state index in [1.807, 2.05) is 18.2 Å². The van der Waals surface area contributed by atoms with Crippen molar-refractivity contribution < 1.29 is 14.3 Å². The second-order valence-corrected chi connectivity index (χ2v) is 4.67. The van der Waals surface area contributed by atoms with Crippen LogP contribution in [-0.4, -0.2) is 25.8 Å². The van der Waals surface area contributed by atoms with Crippen LogP contribution in [0.1, 0.15) is 49.4 Å². The monoisotopic (exact) mass is 264 g/mol. The summed E-state index contributed by atoms with van der Waals surface area (Å²) in [5.74, 6) is -1.25. The highest BCUT2D eigenvalue weighted by molar-refractivity contribution is 6.01. The van der Waals surface area contributed by atoms with E-state index in [1.54, 1.807) is 12.1 Å². The highest BCUT2D eigenvalue weighted by atomic mass is 16.7. The van der Waals surface area contributed by atoms with E-state index in [4.69, 9.17) is 9.47 Å². The van der Waals surface area contributed by atoms with Gasteiger partial charge in [-0.2, -0.15) is 0 Å². The van der Waals surface area contributed by atoms with Gasteiger partial charge in [-0.1, -0.05) is 56.5 Å². The summed E-state index contributed by atoms with van der Waals surface area (Å²) >= 11 is 0. The topological polar surface area (TPSA) is 35.5 Å². The quantitative estimate of drug-likeness (QED) is 0.386. The molecule has 1 aromatic carbocycles. The van der Waals surface area contributed by atoms with Gasteiger partial charge in [0.1, 0.15) is 0 Å². The SMILES string of the molecule is CCCCCCC(OC)(OC)C(=O)c1ccccc1. The second kappa shape index (κ2) is 8.08. The van der Waals surface area contributed by atoms with Crippen molar-refractivity contribution in [2.45, 2.75) is 44.8 Å². The predicted octanol–water partition coefficient (Wildman–Crippen LogP) is 3.83. The number of benzene rings is 1. The van der Waals surface area contributed by atoms with Crippen molar-refractivity contribution >= 4 is 5.78 Å². The molecule has 0 radical (unpaired) electrons. The summed E-state index contributed by atoms with van der Waals surface area (Å²) in [6.07, 6.45) is 4.94. The summed E-state index contributed by atoms with van der Waals surface area (Å²) < 4.78 is 10.8. The van der Waals surface area contributed by atoms with Gasteiger partial charge in [0.05, 0.1) is 0 Å². The van der Waals surface area contributed by atoms with Gasteiger partial charge in [-0.3, -0.25) is 4.79 Å². The number of unbranched alkanes of at least 4 members (excludes halogenated alkanes) is 3. The molecular weight excluding hydrogens is 240 g/mol. The number of carbonyl (C=O) groups is 1. The maximum absolute atomic E-state index is 12.5. The van der Waals surface area contributed by atoms with Gasteiger partial charge in [-0.15, -0.1) is 0 Å². The molecule has 3 nitrogen and oxygen atoms in total. The fourth-order valence-corrected chi connectivity index (χ4v) is 2.18. The Labute approximate surface area is 115 Å². The van der Waals surface area contributed by atoms with Gasteiger partial charge in [-0.25, -0.2) is 0 Å². The Morgan fingerprint density at radius 1 is 1.05 bits per heavy atom. The highest BCUT2D eigenvalue weighted by Crippen LogP contribution is 2.25. The van der Waals surface area contributed by atoms with Crippen molar-refractivity contribution in [2.24, 2.45) is 0 Å². The zero-order valence-electron chi connectivity index (χ0n) is 12.1. The minimum absolute atomic E-state index is 0.102. The third kappa shape index (κ3) is 4.15. The summed E-state index contributed by atoms with van der Waals surface area (Å²) in [5, 5.41) is 0. The van der Waals surface area contributed by atoms with Gasteiger partial charge in [0, 0.05) is 26.2 Å². The molecule has 1 aromatic rings. The first-order valence-electron chi connectivity index (χ1n) is 6.90. The number of carbonyl (C=O) groups excluding carboxylic acids is 1. The molecule has 0 amide bonds. The lowest BCUT2D eigenvalue weighted by molar-refractivity contribution is -0.173. The van der Waals surface area contributed by atoms with E-state index in [0.717, 1.165) is 12.8 Å². The first-order chi connectivity index (χ1) is 9.20. The zero-order chi connectivity index (χ0) is 14.1. The molecule has 106 valence electrons. The molecule has 0 aromatic heterocycles. The Hall–Kier alpha value is -1.19. The molecule has 0 atom stereocenters. The molecule has 0 saturated heterocycles. The Bertz CT molecular complexity index is 369. The lowest BCUT2D eigenvalue weighted by Crippen LogP contribution is -2.42. The van der Waals surface area contributed by atoms with Crippen molar-refractivity contribution in [1.29, 1.82) is 0 Å². The number of ether oxygens (including phenoxy) is 2. The molecule has 0 saturated carbocycles. The van der Waals surface area contributed by atoms with Crippen LogP contribution in [0.5, 0.6) is 0 Å². The smallest absolute Gasteiger partial charge is 0.233 e. The van der Waals surface area contributed by atoms with Crippen LogP contribution in [0.4, 0.5) is 0 Å². The van der Waals surface area contributed by atoms with Crippen LogP contribution in [0, 0.1) is 0 Å². The second-order valence-electron chi connectivity index (χ2n) is 4.67. The molecule has 0 aliphatic carbocycles. The van der Waals surface area contributed by atoms with E-state index in [1.165, 1.54) is 27.1 Å². The first kappa shape index (κ1) is 15.9. The summed E-state index contributed by atoms with van der Waals surface area (Å²) in [4.78, 5) is 12.5. The van der Waals surface area contributed by atoms with Gasteiger partial charge in [-0.05, 0) is 6.42 Å². The first-order valence-corrected chi connectivity index (χ1v) is 6.90. The largest absolute Gasteiger partial charge is 0.347 e. The third-order valence-corrected chi connectivity index (χ3v) is 3.40. The number of hydrogen-bond acceptors (Lipinski definition) is 3. The summed E-state index contributed by atoms with van der Waals surface area (Å²) in [5.41, 5.74) is 0.627. The third-order valence-electron chi connectivity index (χ3n) is 3.40. The Morgan fingerprint density at radius 3 is 2.21 bits per heavy atom. The lowest BCUT2D eigenvalue weighted by atomic mass is 9.97. The van der Waals surface area contributed by atoms with Crippen LogP contribution in [0.3, 0.4) is 0 Å². The normalized spacial score (nSPS) is 11.5. The van der Waals surface area contributed by atoms with Crippen LogP contribution >= 0.6 is 0 Å². The van der Waals surface area contributed by atoms with E-state index < -0.39 is 5.79 Å². The lowest BCUT2D eigenvalue weighted by Gasteiger charge is -2.29. The van der Waals surface area contributed by atoms with Crippen molar-refractivity contribution in [1.82, 2.24) is 0 Å². The van der Waals surface area contributed by atoms with Gasteiger partial charge in [0.25, 0.3) is 0 Å². The number of methoxy groups -OCH3 is 2. The van der Waals surface area contributed by atoms with Crippen LogP contribution in [0.15, 0.2) is 30.3 Å². The summed E-state index contributed by atoms with van der Waals surface area (Å²) in [6.45, 7) is 2.16. The minimum Gasteiger partial charge on any atom is -0.347 e. The molecule has 1 rings (SSSR count). The average Bonchev–Trinajstić information content (AvgIpc) is 2.48. The van der Waals surface area contributed by atoms with Gasteiger partial charge in [0.15, 0.2) is 0 Å². The maximum Gasteiger partial charge on any atom is 0.233 e. The van der Waals surface area contributed by atoms with Crippen molar-refractivity contribution in [3.8, 4) is 0 Å². The molecule has 3 heteroatoms. The molecule has 0 bridgehead atoms. The maximum atomic E-state index is 12.5. The Morgan fingerprint density at radius 2 is 1.68 bits per heavy atom. The van der Waals surface area contributed by atoms with Crippen LogP contribution in [0.25, 0.3) is 0 Å². The van der Waals surface area contributed by atoms with Crippen LogP contribution in [0.2, 0.25) is 0 Å². The fraction of sp³-hybridized carbons (Fsp3) is 0.562. The summed E-state index contributed by atoms with van der Waals surface area (Å²) in [7, 11) is 3.06. The number of Topliss-reactive ketones (excluding diaryl/α,β-unsaturated/α-hetero) is 1. The van der Waals surface area contributed by atoms with E-state index in [2.05, 4.69) is 6.92 Å². The molecule has 0 N–H and O–H groups in total. The van der Waals surface area contributed by atoms with Gasteiger partial charge >= 0.3 is 0 Å². The molecular formula is C16H24O3. The zero-order valence-corrected chi connectivity index (χ0v) is 12.1. The summed E-state index contributed by atoms with van der Waals surface area (Å²) in [6, 6.07) is 9.17. The Balaban J connectivity index is 2.77. The molecule has 0 aliphatic rings. The molecule has 19 heavy (non-hydrogen) atoms.